The normalized spacial score (nSPS) is 15.5. The van der Waals surface area contributed by atoms with Crippen LogP contribution in [0.25, 0.3) is 10.9 Å². The Kier molecular flexibility index (Phi) is 7.49. The molecule has 3 aromatic rings. The van der Waals surface area contributed by atoms with Gasteiger partial charge in [-0.05, 0) is 74.3 Å². The van der Waals surface area contributed by atoms with Crippen LogP contribution in [0.1, 0.15) is 18.5 Å². The van der Waals surface area contributed by atoms with Gasteiger partial charge in [0.2, 0.25) is 0 Å². The summed E-state index contributed by atoms with van der Waals surface area (Å²) in [7, 11) is -1.05. The highest BCUT2D eigenvalue weighted by atomic mass is 32.2. The molecule has 9 heteroatoms. The first-order valence-corrected chi connectivity index (χ1v) is 12.7. The second-order valence-corrected chi connectivity index (χ2v) is 9.65. The number of hydrogen-bond donors (Lipinski definition) is 3. The molecule has 0 amide bonds. The molecule has 1 aliphatic rings. The number of halogens is 3. The zero-order chi connectivity index (χ0) is 24.1. The summed E-state index contributed by atoms with van der Waals surface area (Å²) in [6.45, 7) is 1.01. The lowest BCUT2D eigenvalue weighted by atomic mass is 10.1. The highest BCUT2D eigenvalue weighted by Gasteiger charge is 2.30. The van der Waals surface area contributed by atoms with E-state index in [9.17, 15) is 17.4 Å². The minimum atomic E-state index is -4.36. The van der Waals surface area contributed by atoms with Crippen molar-refractivity contribution in [1.29, 1.82) is 0 Å². The Balaban J connectivity index is 1.57. The van der Waals surface area contributed by atoms with Crippen molar-refractivity contribution in [3.63, 3.8) is 0 Å². The van der Waals surface area contributed by atoms with Crippen LogP contribution in [0.5, 0.6) is 0 Å². The van der Waals surface area contributed by atoms with Crippen molar-refractivity contribution in [3.05, 3.63) is 54.2 Å². The van der Waals surface area contributed by atoms with E-state index in [-0.39, 0.29) is 12.6 Å². The van der Waals surface area contributed by atoms with Gasteiger partial charge < -0.3 is 20.5 Å². The lowest BCUT2D eigenvalue weighted by molar-refractivity contribution is -0.140. The van der Waals surface area contributed by atoms with Crippen molar-refractivity contribution < 1.29 is 17.4 Å². The fourth-order valence-corrected chi connectivity index (χ4v) is 4.61. The molecule has 0 radical (unpaired) electrons. The summed E-state index contributed by atoms with van der Waals surface area (Å²) in [5, 5.41) is 10.7. The number of hydrogen-bond acceptors (Lipinski definition) is 4. The van der Waals surface area contributed by atoms with Gasteiger partial charge in [0.15, 0.2) is 0 Å². The minimum absolute atomic E-state index is 0.266. The fourth-order valence-electron chi connectivity index (χ4n) is 4.10. The molecule has 1 atom stereocenters. The van der Waals surface area contributed by atoms with Crippen molar-refractivity contribution >= 4 is 33.1 Å². The lowest BCUT2D eigenvalue weighted by Crippen LogP contribution is -2.35. The molecule has 0 bridgehead atoms. The van der Waals surface area contributed by atoms with Gasteiger partial charge in [-0.1, -0.05) is 12.0 Å². The molecule has 2 heterocycles. The first-order chi connectivity index (χ1) is 16.3. The molecular weight excluding hydrogens is 461 g/mol. The standard InChI is InChI=1S/C25H27F3N4OS/c1-34(33)21-9-7-18(8-10-21)30-13-3-4-20-16-22-23(31-19-11-14-29-15-12-19)5-2-6-24(22)32(20)17-25(26,27)28/h2,5-10,16,19,29-31H,11-15,17H2,1H3. The monoisotopic (exact) mass is 488 g/mol. The largest absolute Gasteiger partial charge is 0.406 e. The van der Waals surface area contributed by atoms with Gasteiger partial charge in [-0.2, -0.15) is 13.2 Å². The van der Waals surface area contributed by atoms with Crippen LogP contribution in [0.2, 0.25) is 0 Å². The first-order valence-electron chi connectivity index (χ1n) is 11.1. The zero-order valence-electron chi connectivity index (χ0n) is 18.8. The molecule has 4 rings (SSSR count). The molecule has 1 fully saturated rings. The third-order valence-electron chi connectivity index (χ3n) is 5.77. The van der Waals surface area contributed by atoms with Crippen LogP contribution in [0.4, 0.5) is 24.5 Å². The van der Waals surface area contributed by atoms with Crippen LogP contribution in [0, 0.1) is 11.8 Å². The number of fused-ring (bicyclic) bond motifs is 1. The SMILES string of the molecule is CS(=O)c1ccc(NCC#Cc2cc3c(NC4CCNCC4)cccc3n2CC(F)(F)F)cc1. The summed E-state index contributed by atoms with van der Waals surface area (Å²) in [5.74, 6) is 5.86. The predicted octanol–water partition coefficient (Wildman–Crippen LogP) is 4.57. The van der Waals surface area contributed by atoms with E-state index in [1.807, 2.05) is 6.07 Å². The highest BCUT2D eigenvalue weighted by molar-refractivity contribution is 7.84. The maximum absolute atomic E-state index is 13.4. The van der Waals surface area contributed by atoms with Gasteiger partial charge >= 0.3 is 6.18 Å². The van der Waals surface area contributed by atoms with Gasteiger partial charge in [0.1, 0.15) is 6.54 Å². The number of nitrogens with zero attached hydrogens (tertiary/aromatic N) is 1. The summed E-state index contributed by atoms with van der Waals surface area (Å²) in [5.41, 5.74) is 2.47. The van der Waals surface area contributed by atoms with E-state index >= 15 is 0 Å². The van der Waals surface area contributed by atoms with Gasteiger partial charge in [-0.25, -0.2) is 0 Å². The van der Waals surface area contributed by atoms with E-state index in [4.69, 9.17) is 0 Å². The zero-order valence-corrected chi connectivity index (χ0v) is 19.7. The molecule has 180 valence electrons. The van der Waals surface area contributed by atoms with Crippen molar-refractivity contribution in [2.45, 2.75) is 36.5 Å². The third kappa shape index (κ3) is 6.13. The average Bonchev–Trinajstić information content (AvgIpc) is 3.14. The quantitative estimate of drug-likeness (QED) is 0.445. The molecule has 3 N–H and O–H groups in total. The second kappa shape index (κ2) is 10.5. The van der Waals surface area contributed by atoms with Gasteiger partial charge in [0.05, 0.1) is 17.8 Å². The molecule has 1 aliphatic heterocycles. The summed E-state index contributed by atoms with van der Waals surface area (Å²) in [4.78, 5) is 0.724. The number of nitrogens with one attached hydrogen (secondary N) is 3. The van der Waals surface area contributed by atoms with Crippen LogP contribution in [0.3, 0.4) is 0 Å². The highest BCUT2D eigenvalue weighted by Crippen LogP contribution is 2.31. The number of alkyl halides is 3. The maximum Gasteiger partial charge on any atom is 0.406 e. The van der Waals surface area contributed by atoms with Crippen molar-refractivity contribution in [3.8, 4) is 11.8 Å². The van der Waals surface area contributed by atoms with Crippen molar-refractivity contribution in [1.82, 2.24) is 9.88 Å². The van der Waals surface area contributed by atoms with E-state index in [2.05, 4.69) is 27.8 Å². The van der Waals surface area contributed by atoms with Gasteiger partial charge in [-0.15, -0.1) is 0 Å². The van der Waals surface area contributed by atoms with Crippen LogP contribution in [0.15, 0.2) is 53.4 Å². The third-order valence-corrected chi connectivity index (χ3v) is 6.70. The van der Waals surface area contributed by atoms with Crippen LogP contribution < -0.4 is 16.0 Å². The van der Waals surface area contributed by atoms with Crippen LogP contribution >= 0.6 is 0 Å². The number of aromatic nitrogens is 1. The van der Waals surface area contributed by atoms with E-state index in [0.29, 0.717) is 11.2 Å². The van der Waals surface area contributed by atoms with Crippen molar-refractivity contribution in [2.24, 2.45) is 0 Å². The van der Waals surface area contributed by atoms with E-state index in [1.54, 1.807) is 48.7 Å². The van der Waals surface area contributed by atoms with Crippen LogP contribution in [-0.2, 0) is 17.3 Å². The fraction of sp³-hybridized carbons (Fsp3) is 0.360. The summed E-state index contributed by atoms with van der Waals surface area (Å²) in [6, 6.07) is 14.6. The lowest BCUT2D eigenvalue weighted by Gasteiger charge is -2.25. The number of anilines is 2. The van der Waals surface area contributed by atoms with Crippen LogP contribution in [-0.4, -0.2) is 46.9 Å². The topological polar surface area (TPSA) is 58.1 Å². The Morgan fingerprint density at radius 1 is 1.15 bits per heavy atom. The summed E-state index contributed by atoms with van der Waals surface area (Å²) in [6.07, 6.45) is -0.818. The number of benzene rings is 2. The Morgan fingerprint density at radius 3 is 2.56 bits per heavy atom. The Bertz CT molecular complexity index is 1220. The molecule has 2 aromatic carbocycles. The summed E-state index contributed by atoms with van der Waals surface area (Å²) >= 11 is 0. The molecule has 0 aliphatic carbocycles. The molecule has 0 saturated carbocycles. The smallest absolute Gasteiger partial charge is 0.382 e. The Morgan fingerprint density at radius 2 is 1.88 bits per heavy atom. The molecule has 1 aromatic heterocycles. The molecular formula is C25H27F3N4OS. The summed E-state index contributed by atoms with van der Waals surface area (Å²) < 4.78 is 52.9. The van der Waals surface area contributed by atoms with E-state index < -0.39 is 23.5 Å². The Hall–Kier alpha value is -2.96. The van der Waals surface area contributed by atoms with Gasteiger partial charge in [0.25, 0.3) is 0 Å². The predicted molar refractivity (Wildman–Crippen MR) is 132 cm³/mol. The molecule has 34 heavy (non-hydrogen) atoms. The Labute approximate surface area is 199 Å². The van der Waals surface area contributed by atoms with Gasteiger partial charge in [-0.3, -0.25) is 4.21 Å². The first kappa shape index (κ1) is 24.2. The number of piperidine rings is 1. The molecule has 1 saturated heterocycles. The molecule has 1 unspecified atom stereocenters. The van der Waals surface area contributed by atoms with Crippen molar-refractivity contribution in [2.75, 3.05) is 36.5 Å². The average molecular weight is 489 g/mol. The molecule has 0 spiro atoms. The van der Waals surface area contributed by atoms with E-state index in [1.165, 1.54) is 4.57 Å². The number of rotatable bonds is 6. The minimum Gasteiger partial charge on any atom is -0.382 e. The second-order valence-electron chi connectivity index (χ2n) is 8.27. The maximum atomic E-state index is 13.4. The van der Waals surface area contributed by atoms with Gasteiger partial charge in [0, 0.05) is 44.8 Å². The van der Waals surface area contributed by atoms with E-state index in [0.717, 1.165) is 47.6 Å². The molecule has 5 nitrogen and oxygen atoms in total.